The van der Waals surface area contributed by atoms with E-state index in [0.717, 1.165) is 24.7 Å². The molecule has 2 rings (SSSR count). The quantitative estimate of drug-likeness (QED) is 0.828. The van der Waals surface area contributed by atoms with E-state index in [1.54, 1.807) is 11.8 Å². The second-order valence-electron chi connectivity index (χ2n) is 5.04. The zero-order valence-corrected chi connectivity index (χ0v) is 13.3. The number of thioether (sulfide) groups is 1. The van der Waals surface area contributed by atoms with Gasteiger partial charge in [-0.3, -0.25) is 0 Å². The van der Waals surface area contributed by atoms with Crippen LogP contribution in [-0.2, 0) is 10.0 Å². The standard InChI is InChI=1S/C12H16ClFN2O2S2/c1-12(3-2-4-19-12)7-16-20(17,18)10-6-8(15)5-9(13)11(10)14/h5-6,16H,2-4,7,15H2,1H3. The highest BCUT2D eigenvalue weighted by atomic mass is 35.5. The Morgan fingerprint density at radius 1 is 1.55 bits per heavy atom. The third-order valence-corrected chi connectivity index (χ3v) is 6.46. The molecule has 0 saturated carbocycles. The lowest BCUT2D eigenvalue weighted by atomic mass is 10.1. The van der Waals surface area contributed by atoms with E-state index in [9.17, 15) is 12.8 Å². The fourth-order valence-corrected chi connectivity index (χ4v) is 5.00. The number of anilines is 1. The molecule has 0 spiro atoms. The minimum Gasteiger partial charge on any atom is -0.399 e. The fourth-order valence-electron chi connectivity index (χ4n) is 2.08. The van der Waals surface area contributed by atoms with Crippen molar-refractivity contribution in [2.75, 3.05) is 18.0 Å². The molecule has 1 heterocycles. The van der Waals surface area contributed by atoms with Gasteiger partial charge in [0.25, 0.3) is 0 Å². The summed E-state index contributed by atoms with van der Waals surface area (Å²) in [5.41, 5.74) is 5.63. The highest BCUT2D eigenvalue weighted by Gasteiger charge is 2.32. The van der Waals surface area contributed by atoms with Gasteiger partial charge < -0.3 is 5.73 Å². The molecule has 8 heteroatoms. The Morgan fingerprint density at radius 3 is 2.85 bits per heavy atom. The van der Waals surface area contributed by atoms with E-state index in [2.05, 4.69) is 4.72 Å². The Morgan fingerprint density at radius 2 is 2.25 bits per heavy atom. The summed E-state index contributed by atoms with van der Waals surface area (Å²) in [5, 5.41) is -0.299. The van der Waals surface area contributed by atoms with E-state index in [0.29, 0.717) is 0 Å². The molecule has 4 nitrogen and oxygen atoms in total. The summed E-state index contributed by atoms with van der Waals surface area (Å²) in [6, 6.07) is 2.26. The molecular formula is C12H16ClFN2O2S2. The van der Waals surface area contributed by atoms with E-state index in [-0.39, 0.29) is 22.0 Å². The molecule has 0 radical (unpaired) electrons. The highest BCUT2D eigenvalue weighted by molar-refractivity contribution is 8.01. The number of benzene rings is 1. The molecule has 3 N–H and O–H groups in total. The third-order valence-electron chi connectivity index (χ3n) is 3.24. The maximum atomic E-state index is 13.9. The van der Waals surface area contributed by atoms with Gasteiger partial charge in [-0.15, -0.1) is 0 Å². The van der Waals surface area contributed by atoms with Crippen LogP contribution in [0.2, 0.25) is 5.02 Å². The summed E-state index contributed by atoms with van der Waals surface area (Å²) in [6.45, 7) is 2.25. The van der Waals surface area contributed by atoms with Crippen molar-refractivity contribution < 1.29 is 12.8 Å². The van der Waals surface area contributed by atoms with Crippen molar-refractivity contribution in [3.8, 4) is 0 Å². The lowest BCUT2D eigenvalue weighted by Gasteiger charge is -2.23. The average Bonchev–Trinajstić information content (AvgIpc) is 2.79. The lowest BCUT2D eigenvalue weighted by molar-refractivity contribution is 0.539. The smallest absolute Gasteiger partial charge is 0.243 e. The Labute approximate surface area is 127 Å². The van der Waals surface area contributed by atoms with Gasteiger partial charge >= 0.3 is 0 Å². The maximum absolute atomic E-state index is 13.9. The summed E-state index contributed by atoms with van der Waals surface area (Å²) in [5.74, 6) is 0.0362. The molecule has 1 aliphatic heterocycles. The van der Waals surface area contributed by atoms with E-state index in [1.165, 1.54) is 6.07 Å². The zero-order chi connectivity index (χ0) is 15.0. The SMILES string of the molecule is CC1(CNS(=O)(=O)c2cc(N)cc(Cl)c2F)CCCS1. The van der Waals surface area contributed by atoms with Crippen molar-refractivity contribution in [3.63, 3.8) is 0 Å². The van der Waals surface area contributed by atoms with E-state index < -0.39 is 20.7 Å². The lowest BCUT2D eigenvalue weighted by Crippen LogP contribution is -2.37. The number of hydrogen-bond donors (Lipinski definition) is 2. The Kier molecular flexibility index (Phi) is 4.53. The van der Waals surface area contributed by atoms with Crippen LogP contribution >= 0.6 is 23.4 Å². The van der Waals surface area contributed by atoms with Crippen molar-refractivity contribution in [2.24, 2.45) is 0 Å². The van der Waals surface area contributed by atoms with Crippen LogP contribution < -0.4 is 10.5 Å². The average molecular weight is 339 g/mol. The van der Waals surface area contributed by atoms with E-state index in [4.69, 9.17) is 17.3 Å². The number of halogens is 2. The number of nitrogens with two attached hydrogens (primary N) is 1. The molecule has 1 aromatic carbocycles. The molecule has 1 unspecified atom stereocenters. The highest BCUT2D eigenvalue weighted by Crippen LogP contribution is 2.37. The molecule has 112 valence electrons. The van der Waals surface area contributed by atoms with Gasteiger partial charge in [0.15, 0.2) is 5.82 Å². The second kappa shape index (κ2) is 5.71. The first-order chi connectivity index (χ1) is 9.23. The van der Waals surface area contributed by atoms with Crippen molar-refractivity contribution in [1.82, 2.24) is 4.72 Å². The summed E-state index contributed by atoms with van der Waals surface area (Å²) >= 11 is 7.35. The number of nitrogen functional groups attached to an aromatic ring is 1. The molecular weight excluding hydrogens is 323 g/mol. The topological polar surface area (TPSA) is 72.2 Å². The van der Waals surface area contributed by atoms with Crippen molar-refractivity contribution >= 4 is 39.1 Å². The minimum absolute atomic E-state index is 0.109. The number of hydrogen-bond acceptors (Lipinski definition) is 4. The van der Waals surface area contributed by atoms with Gasteiger partial charge in [0.1, 0.15) is 4.90 Å². The summed E-state index contributed by atoms with van der Waals surface area (Å²) in [6.07, 6.45) is 1.99. The predicted molar refractivity (Wildman–Crippen MR) is 81.1 cm³/mol. The van der Waals surface area contributed by atoms with Crippen LogP contribution in [0, 0.1) is 5.82 Å². The Balaban J connectivity index is 2.22. The van der Waals surface area contributed by atoms with Crippen molar-refractivity contribution in [3.05, 3.63) is 23.0 Å². The van der Waals surface area contributed by atoms with Gasteiger partial charge in [-0.25, -0.2) is 17.5 Å². The molecule has 20 heavy (non-hydrogen) atoms. The number of sulfonamides is 1. The van der Waals surface area contributed by atoms with Gasteiger partial charge in [-0.1, -0.05) is 11.6 Å². The molecule has 1 saturated heterocycles. The van der Waals surface area contributed by atoms with Crippen LogP contribution in [0.5, 0.6) is 0 Å². The molecule has 1 atom stereocenters. The maximum Gasteiger partial charge on any atom is 0.243 e. The second-order valence-corrected chi connectivity index (χ2v) is 8.87. The first kappa shape index (κ1) is 15.9. The molecule has 0 amide bonds. The van der Waals surface area contributed by atoms with E-state index >= 15 is 0 Å². The van der Waals surface area contributed by atoms with Crippen LogP contribution in [0.15, 0.2) is 17.0 Å². The van der Waals surface area contributed by atoms with Crippen LogP contribution in [0.3, 0.4) is 0 Å². The molecule has 1 fully saturated rings. The van der Waals surface area contributed by atoms with Crippen LogP contribution in [0.25, 0.3) is 0 Å². The molecule has 0 bridgehead atoms. The first-order valence-electron chi connectivity index (χ1n) is 6.12. The Hall–Kier alpha value is -0.500. The zero-order valence-electron chi connectivity index (χ0n) is 10.9. The Bertz CT molecular complexity index is 616. The minimum atomic E-state index is -3.96. The third kappa shape index (κ3) is 3.39. The van der Waals surface area contributed by atoms with Crippen molar-refractivity contribution in [2.45, 2.75) is 29.4 Å². The molecule has 0 aliphatic carbocycles. The number of rotatable bonds is 4. The summed E-state index contributed by atoms with van der Waals surface area (Å²) in [7, 11) is -3.96. The first-order valence-corrected chi connectivity index (χ1v) is 8.96. The van der Waals surface area contributed by atoms with Crippen molar-refractivity contribution in [1.29, 1.82) is 0 Å². The largest absolute Gasteiger partial charge is 0.399 e. The van der Waals surface area contributed by atoms with Crippen LogP contribution in [0.4, 0.5) is 10.1 Å². The van der Waals surface area contributed by atoms with Crippen LogP contribution in [-0.4, -0.2) is 25.5 Å². The fraction of sp³-hybridized carbons (Fsp3) is 0.500. The monoisotopic (exact) mass is 338 g/mol. The van der Waals surface area contributed by atoms with Gasteiger partial charge in [0.05, 0.1) is 5.02 Å². The normalized spacial score (nSPS) is 23.1. The van der Waals surface area contributed by atoms with Gasteiger partial charge in [-0.2, -0.15) is 11.8 Å². The predicted octanol–water partition coefficient (Wildman–Crippen LogP) is 2.63. The summed E-state index contributed by atoms with van der Waals surface area (Å²) in [4.78, 5) is -0.505. The molecule has 0 aromatic heterocycles. The van der Waals surface area contributed by atoms with Gasteiger partial charge in [-0.05, 0) is 37.7 Å². The summed E-state index contributed by atoms with van der Waals surface area (Å²) < 4.78 is 40.5. The van der Waals surface area contributed by atoms with Gasteiger partial charge in [0.2, 0.25) is 10.0 Å². The number of nitrogens with one attached hydrogen (secondary N) is 1. The molecule has 1 aromatic rings. The van der Waals surface area contributed by atoms with E-state index in [1.807, 2.05) is 6.92 Å². The van der Waals surface area contributed by atoms with Gasteiger partial charge in [0, 0.05) is 17.0 Å². The van der Waals surface area contributed by atoms with Crippen LogP contribution in [0.1, 0.15) is 19.8 Å². The molecule has 1 aliphatic rings.